The van der Waals surface area contributed by atoms with Gasteiger partial charge in [-0.25, -0.2) is 14.0 Å². The summed E-state index contributed by atoms with van der Waals surface area (Å²) in [5.74, 6) is -1.41. The van der Waals surface area contributed by atoms with Gasteiger partial charge in [-0.05, 0) is 37.5 Å². The van der Waals surface area contributed by atoms with Gasteiger partial charge in [-0.15, -0.1) is 0 Å². The van der Waals surface area contributed by atoms with Crippen LogP contribution < -0.4 is 0 Å². The van der Waals surface area contributed by atoms with Crippen LogP contribution in [0.1, 0.15) is 29.6 Å². The first-order chi connectivity index (χ1) is 9.08. The van der Waals surface area contributed by atoms with Crippen LogP contribution in [-0.2, 0) is 4.74 Å². The fourth-order valence-electron chi connectivity index (χ4n) is 1.93. The first-order valence-electron chi connectivity index (χ1n) is 6.04. The van der Waals surface area contributed by atoms with E-state index >= 15 is 0 Å². The Hall–Kier alpha value is -1.62. The molecule has 102 valence electrons. The van der Waals surface area contributed by atoms with E-state index in [9.17, 15) is 14.0 Å². The fourth-order valence-corrected chi connectivity index (χ4v) is 2.17. The van der Waals surface area contributed by atoms with Crippen molar-refractivity contribution in [2.45, 2.75) is 19.3 Å². The second kappa shape index (κ2) is 6.02. The van der Waals surface area contributed by atoms with Gasteiger partial charge in [-0.3, -0.25) is 0 Å². The monoisotopic (exact) mass is 285 g/mol. The van der Waals surface area contributed by atoms with E-state index in [2.05, 4.69) is 0 Å². The van der Waals surface area contributed by atoms with Crippen LogP contribution >= 0.6 is 11.6 Å². The highest BCUT2D eigenvalue weighted by Crippen LogP contribution is 2.19. The molecule has 0 bridgehead atoms. The summed E-state index contributed by atoms with van der Waals surface area (Å²) >= 11 is 5.73. The molecule has 4 nitrogen and oxygen atoms in total. The molecule has 0 aliphatic carbocycles. The van der Waals surface area contributed by atoms with Crippen LogP contribution in [0.5, 0.6) is 0 Å². The van der Waals surface area contributed by atoms with Crippen molar-refractivity contribution in [1.29, 1.82) is 0 Å². The molecule has 1 amide bonds. The highest BCUT2D eigenvalue weighted by atomic mass is 35.5. The number of rotatable bonds is 1. The third kappa shape index (κ3) is 3.44. The summed E-state index contributed by atoms with van der Waals surface area (Å²) in [7, 11) is 0. The fraction of sp³-hybridized carbons (Fsp3) is 0.385. The van der Waals surface area contributed by atoms with Gasteiger partial charge in [0, 0.05) is 13.1 Å². The standard InChI is InChI=1S/C13H13ClFNO3/c14-11-8-9(15)4-5-10(11)12(17)19-13(18)16-6-2-1-3-7-16/h4-5,8H,1-3,6-7H2. The van der Waals surface area contributed by atoms with E-state index in [0.29, 0.717) is 13.1 Å². The molecule has 19 heavy (non-hydrogen) atoms. The van der Waals surface area contributed by atoms with Crippen molar-refractivity contribution < 1.29 is 18.7 Å². The number of carbonyl (C=O) groups excluding carboxylic acids is 2. The molecule has 0 saturated carbocycles. The van der Waals surface area contributed by atoms with E-state index in [-0.39, 0.29) is 10.6 Å². The molecule has 1 aliphatic rings. The zero-order valence-electron chi connectivity index (χ0n) is 10.2. The second-order valence-corrected chi connectivity index (χ2v) is 4.73. The number of piperidine rings is 1. The van der Waals surface area contributed by atoms with E-state index in [1.165, 1.54) is 11.0 Å². The van der Waals surface area contributed by atoms with Gasteiger partial charge < -0.3 is 9.64 Å². The molecule has 2 rings (SSSR count). The molecule has 1 aromatic carbocycles. The van der Waals surface area contributed by atoms with Gasteiger partial charge in [0.1, 0.15) is 5.82 Å². The number of nitrogens with zero attached hydrogens (tertiary/aromatic N) is 1. The molecule has 1 saturated heterocycles. The summed E-state index contributed by atoms with van der Waals surface area (Å²) in [4.78, 5) is 25.0. The Balaban J connectivity index is 2.02. The molecule has 6 heteroatoms. The maximum Gasteiger partial charge on any atom is 0.417 e. The van der Waals surface area contributed by atoms with Crippen molar-refractivity contribution in [1.82, 2.24) is 4.90 Å². The number of halogens is 2. The molecule has 0 radical (unpaired) electrons. The van der Waals surface area contributed by atoms with Crippen molar-refractivity contribution in [3.63, 3.8) is 0 Å². The van der Waals surface area contributed by atoms with Gasteiger partial charge in [-0.2, -0.15) is 0 Å². The first kappa shape index (κ1) is 13.8. The lowest BCUT2D eigenvalue weighted by atomic mass is 10.1. The Bertz CT molecular complexity index is 501. The number of benzene rings is 1. The third-order valence-electron chi connectivity index (χ3n) is 2.95. The van der Waals surface area contributed by atoms with Gasteiger partial charge in [0.05, 0.1) is 10.6 Å². The van der Waals surface area contributed by atoms with Crippen LogP contribution in [-0.4, -0.2) is 30.1 Å². The summed E-state index contributed by atoms with van der Waals surface area (Å²) in [5, 5.41) is -0.0727. The largest absolute Gasteiger partial charge is 0.417 e. The van der Waals surface area contributed by atoms with E-state index in [1.54, 1.807) is 0 Å². The summed E-state index contributed by atoms with van der Waals surface area (Å²) in [6, 6.07) is 3.29. The molecule has 0 unspecified atom stereocenters. The number of hydrogen-bond donors (Lipinski definition) is 0. The lowest BCUT2D eigenvalue weighted by molar-refractivity contribution is 0.0527. The smallest absolute Gasteiger partial charge is 0.372 e. The number of carbonyl (C=O) groups is 2. The predicted octanol–water partition coefficient (Wildman–Crippen LogP) is 3.24. The lowest BCUT2D eigenvalue weighted by Gasteiger charge is -2.25. The van der Waals surface area contributed by atoms with Crippen molar-refractivity contribution >= 4 is 23.7 Å². The van der Waals surface area contributed by atoms with E-state index in [1.807, 2.05) is 0 Å². The maximum atomic E-state index is 12.9. The summed E-state index contributed by atoms with van der Waals surface area (Å²) < 4.78 is 17.6. The molecule has 1 aromatic rings. The minimum Gasteiger partial charge on any atom is -0.372 e. The highest BCUT2D eigenvalue weighted by molar-refractivity contribution is 6.33. The molecular weight excluding hydrogens is 273 g/mol. The summed E-state index contributed by atoms with van der Waals surface area (Å²) in [6.07, 6.45) is 2.20. The predicted molar refractivity (Wildman–Crippen MR) is 67.6 cm³/mol. The molecule has 0 spiro atoms. The topological polar surface area (TPSA) is 46.6 Å². The molecule has 1 aliphatic heterocycles. The van der Waals surface area contributed by atoms with Crippen molar-refractivity contribution in [3.05, 3.63) is 34.6 Å². The van der Waals surface area contributed by atoms with E-state index < -0.39 is 17.9 Å². The second-order valence-electron chi connectivity index (χ2n) is 4.33. The van der Waals surface area contributed by atoms with Crippen LogP contribution in [0.25, 0.3) is 0 Å². The Morgan fingerprint density at radius 3 is 2.53 bits per heavy atom. The highest BCUT2D eigenvalue weighted by Gasteiger charge is 2.22. The third-order valence-corrected chi connectivity index (χ3v) is 3.26. The van der Waals surface area contributed by atoms with Gasteiger partial charge in [0.15, 0.2) is 0 Å². The minimum absolute atomic E-state index is 0.0200. The van der Waals surface area contributed by atoms with Crippen LogP contribution in [0, 0.1) is 5.82 Å². The molecule has 0 N–H and O–H groups in total. The number of ether oxygens (including phenoxy) is 1. The summed E-state index contributed by atoms with van der Waals surface area (Å²) in [5.41, 5.74) is -0.0200. The lowest BCUT2D eigenvalue weighted by Crippen LogP contribution is -2.37. The van der Waals surface area contributed by atoms with E-state index in [4.69, 9.17) is 16.3 Å². The Kier molecular flexibility index (Phi) is 4.37. The zero-order valence-corrected chi connectivity index (χ0v) is 11.0. The van der Waals surface area contributed by atoms with Gasteiger partial charge in [-0.1, -0.05) is 11.6 Å². The first-order valence-corrected chi connectivity index (χ1v) is 6.42. The van der Waals surface area contributed by atoms with Gasteiger partial charge >= 0.3 is 12.1 Å². The van der Waals surface area contributed by atoms with Gasteiger partial charge in [0.2, 0.25) is 0 Å². The van der Waals surface area contributed by atoms with Crippen LogP contribution in [0.3, 0.4) is 0 Å². The van der Waals surface area contributed by atoms with Crippen LogP contribution in [0.15, 0.2) is 18.2 Å². The number of esters is 1. The Labute approximate surface area is 115 Å². The minimum atomic E-state index is -0.861. The normalized spacial score (nSPS) is 15.2. The quantitative estimate of drug-likeness (QED) is 0.588. The molecule has 1 heterocycles. The van der Waals surface area contributed by atoms with Crippen molar-refractivity contribution in [3.8, 4) is 0 Å². The average molecular weight is 286 g/mol. The average Bonchev–Trinajstić information content (AvgIpc) is 2.39. The van der Waals surface area contributed by atoms with E-state index in [0.717, 1.165) is 31.4 Å². The Morgan fingerprint density at radius 2 is 1.89 bits per heavy atom. The van der Waals surface area contributed by atoms with Crippen molar-refractivity contribution in [2.24, 2.45) is 0 Å². The summed E-state index contributed by atoms with van der Waals surface area (Å²) in [6.45, 7) is 1.17. The Morgan fingerprint density at radius 1 is 1.21 bits per heavy atom. The molecule has 0 atom stereocenters. The van der Waals surface area contributed by atoms with Gasteiger partial charge in [0.25, 0.3) is 0 Å². The van der Waals surface area contributed by atoms with Crippen LogP contribution in [0.2, 0.25) is 5.02 Å². The molecule has 0 aromatic heterocycles. The molecular formula is C13H13ClFNO3. The maximum absolute atomic E-state index is 12.9. The SMILES string of the molecule is O=C(OC(=O)N1CCCCC1)c1ccc(F)cc1Cl. The number of likely N-dealkylation sites (tertiary alicyclic amines) is 1. The number of amides is 1. The van der Waals surface area contributed by atoms with Crippen molar-refractivity contribution in [2.75, 3.05) is 13.1 Å². The zero-order chi connectivity index (χ0) is 13.8. The van der Waals surface area contributed by atoms with Crippen LogP contribution in [0.4, 0.5) is 9.18 Å². The molecule has 1 fully saturated rings. The number of hydrogen-bond acceptors (Lipinski definition) is 3.